The molecule has 4 nitrogen and oxygen atoms in total. The Morgan fingerprint density at radius 2 is 2.38 bits per heavy atom. The molecule has 3 N–H and O–H groups in total. The third-order valence-electron chi connectivity index (χ3n) is 0.628. The molecule has 48 valence electrons. The molecule has 0 saturated heterocycles. The average Bonchev–Trinajstić information content (AvgIpc) is 1.83. The van der Waals surface area contributed by atoms with Gasteiger partial charge in [0, 0.05) is 6.42 Å². The molecule has 0 aliphatic rings. The molecule has 0 aromatic heterocycles. The van der Waals surface area contributed by atoms with Gasteiger partial charge < -0.3 is 5.11 Å². The molecule has 0 fully saturated rings. The number of hydrogen-bond donors (Lipinski definition) is 3. The van der Waals surface area contributed by atoms with Crippen LogP contribution in [0.1, 0.15) is 13.3 Å². The van der Waals surface area contributed by atoms with Crippen LogP contribution in [-0.2, 0) is 4.79 Å². The van der Waals surface area contributed by atoms with Crippen molar-refractivity contribution in [2.45, 2.75) is 13.3 Å². The predicted octanol–water partition coefficient (Wildman–Crippen LogP) is -1.03. The number of hydrogen-bond acceptors (Lipinski definition) is 3. The first kappa shape index (κ1) is 7.39. The molecule has 0 atom stereocenters. The molecule has 0 saturated carbocycles. The maximum atomic E-state index is 10.3. The van der Waals surface area contributed by atoms with Crippen molar-refractivity contribution in [3.8, 4) is 0 Å². The highest BCUT2D eigenvalue weighted by molar-refractivity contribution is 5.74. The molecule has 8 heavy (non-hydrogen) atoms. The van der Waals surface area contributed by atoms with Gasteiger partial charge in [-0.2, -0.15) is 0 Å². The zero-order valence-corrected chi connectivity index (χ0v) is 4.77. The highest BCUT2D eigenvalue weighted by atomic mass is 16.3. The summed E-state index contributed by atoms with van der Waals surface area (Å²) in [5, 5.41) is 8.08. The van der Waals surface area contributed by atoms with Gasteiger partial charge >= 0.3 is 0 Å². The summed E-state index contributed by atoms with van der Waals surface area (Å²) in [6.45, 7) is 1.50. The van der Waals surface area contributed by atoms with E-state index in [1.807, 2.05) is 0 Å². The summed E-state index contributed by atoms with van der Waals surface area (Å²) in [6.07, 6.45) is 0.424. The minimum absolute atomic E-state index is 0.126. The number of amides is 1. The van der Waals surface area contributed by atoms with Gasteiger partial charge in [-0.05, 0) is 0 Å². The number of carbonyl (C=O) groups excluding carboxylic acids is 1. The molecule has 0 aliphatic heterocycles. The second-order valence-corrected chi connectivity index (χ2v) is 1.24. The molecular formula is C4H10N2O2. The van der Waals surface area contributed by atoms with Crippen molar-refractivity contribution in [1.82, 2.24) is 10.9 Å². The van der Waals surface area contributed by atoms with Gasteiger partial charge in [-0.3, -0.25) is 10.2 Å². The van der Waals surface area contributed by atoms with Crippen LogP contribution < -0.4 is 10.9 Å². The Kier molecular flexibility index (Phi) is 4.20. The molecule has 0 bridgehead atoms. The minimum atomic E-state index is -0.230. The molecule has 0 unspecified atom stereocenters. The Hall–Kier alpha value is -0.610. The highest BCUT2D eigenvalue weighted by Crippen LogP contribution is 1.68. The standard InChI is InChI=1S/C4H10N2O2/c1-2-4(8)6-5-3-7/h5,7H,2-3H2,1H3,(H,6,8). The van der Waals surface area contributed by atoms with Crippen LogP contribution in [0, 0.1) is 0 Å². The fraction of sp³-hybridized carbons (Fsp3) is 0.750. The van der Waals surface area contributed by atoms with E-state index in [0.717, 1.165) is 0 Å². The Bertz CT molecular complexity index is 74.4. The maximum Gasteiger partial charge on any atom is 0.233 e. The average molecular weight is 118 g/mol. The Morgan fingerprint density at radius 1 is 1.75 bits per heavy atom. The number of carbonyl (C=O) groups is 1. The van der Waals surface area contributed by atoms with Crippen LogP contribution in [0.3, 0.4) is 0 Å². The fourth-order valence-corrected chi connectivity index (χ4v) is 0.227. The second-order valence-electron chi connectivity index (χ2n) is 1.24. The summed E-state index contributed by atoms with van der Waals surface area (Å²) in [5.74, 6) is -0.126. The van der Waals surface area contributed by atoms with Gasteiger partial charge in [0.1, 0.15) is 6.73 Å². The quantitative estimate of drug-likeness (QED) is 0.328. The van der Waals surface area contributed by atoms with Crippen molar-refractivity contribution >= 4 is 5.91 Å². The van der Waals surface area contributed by atoms with Gasteiger partial charge in [0.15, 0.2) is 0 Å². The summed E-state index contributed by atoms with van der Waals surface area (Å²) in [5.41, 5.74) is 4.50. The van der Waals surface area contributed by atoms with Crippen LogP contribution in [0.2, 0.25) is 0 Å². The molecular weight excluding hydrogens is 108 g/mol. The van der Waals surface area contributed by atoms with Gasteiger partial charge in [-0.15, -0.1) is 0 Å². The molecule has 4 heteroatoms. The Labute approximate surface area is 47.9 Å². The fourth-order valence-electron chi connectivity index (χ4n) is 0.227. The summed E-state index contributed by atoms with van der Waals surface area (Å²) in [4.78, 5) is 10.3. The minimum Gasteiger partial charge on any atom is -0.380 e. The lowest BCUT2D eigenvalue weighted by molar-refractivity contribution is -0.122. The molecule has 0 spiro atoms. The van der Waals surface area contributed by atoms with Gasteiger partial charge in [0.25, 0.3) is 0 Å². The Balaban J connectivity index is 2.99. The van der Waals surface area contributed by atoms with E-state index in [1.165, 1.54) is 0 Å². The summed E-state index contributed by atoms with van der Waals surface area (Å²) < 4.78 is 0. The van der Waals surface area contributed by atoms with E-state index >= 15 is 0 Å². The van der Waals surface area contributed by atoms with E-state index in [4.69, 9.17) is 5.11 Å². The van der Waals surface area contributed by atoms with E-state index in [9.17, 15) is 4.79 Å². The maximum absolute atomic E-state index is 10.3. The third kappa shape index (κ3) is 3.58. The lowest BCUT2D eigenvalue weighted by Crippen LogP contribution is -2.37. The predicted molar refractivity (Wildman–Crippen MR) is 28.7 cm³/mol. The first-order valence-electron chi connectivity index (χ1n) is 2.43. The molecule has 0 radical (unpaired) electrons. The molecule has 0 heterocycles. The lowest BCUT2D eigenvalue weighted by atomic mass is 10.5. The van der Waals surface area contributed by atoms with Gasteiger partial charge in [-0.25, -0.2) is 5.43 Å². The molecule has 0 rings (SSSR count). The number of aliphatic hydroxyl groups is 1. The van der Waals surface area contributed by atoms with Gasteiger partial charge in [0.2, 0.25) is 5.91 Å². The van der Waals surface area contributed by atoms with E-state index < -0.39 is 0 Å². The first-order valence-corrected chi connectivity index (χ1v) is 2.43. The summed E-state index contributed by atoms with van der Waals surface area (Å²) in [7, 11) is 0. The smallest absolute Gasteiger partial charge is 0.233 e. The first-order chi connectivity index (χ1) is 3.81. The van der Waals surface area contributed by atoms with Crippen LogP contribution in [0.5, 0.6) is 0 Å². The molecule has 0 aromatic carbocycles. The van der Waals surface area contributed by atoms with Gasteiger partial charge in [0.05, 0.1) is 0 Å². The third-order valence-corrected chi connectivity index (χ3v) is 0.628. The van der Waals surface area contributed by atoms with E-state index in [-0.39, 0.29) is 12.6 Å². The topological polar surface area (TPSA) is 61.4 Å². The van der Waals surface area contributed by atoms with Crippen molar-refractivity contribution in [2.24, 2.45) is 0 Å². The summed E-state index contributed by atoms with van der Waals surface area (Å²) in [6, 6.07) is 0. The van der Waals surface area contributed by atoms with Crippen LogP contribution in [0.15, 0.2) is 0 Å². The zero-order chi connectivity index (χ0) is 6.41. The van der Waals surface area contributed by atoms with E-state index in [2.05, 4.69) is 10.9 Å². The Morgan fingerprint density at radius 3 is 2.75 bits per heavy atom. The van der Waals surface area contributed by atoms with Crippen molar-refractivity contribution < 1.29 is 9.90 Å². The lowest BCUT2D eigenvalue weighted by Gasteiger charge is -1.99. The van der Waals surface area contributed by atoms with E-state index in [1.54, 1.807) is 6.92 Å². The van der Waals surface area contributed by atoms with Crippen LogP contribution >= 0.6 is 0 Å². The van der Waals surface area contributed by atoms with Crippen molar-refractivity contribution in [3.05, 3.63) is 0 Å². The van der Waals surface area contributed by atoms with Crippen LogP contribution in [0.4, 0.5) is 0 Å². The van der Waals surface area contributed by atoms with Crippen molar-refractivity contribution in [3.63, 3.8) is 0 Å². The molecule has 0 aliphatic carbocycles. The second kappa shape index (κ2) is 4.55. The normalized spacial score (nSPS) is 8.75. The van der Waals surface area contributed by atoms with Crippen molar-refractivity contribution in [2.75, 3.05) is 6.73 Å². The number of nitrogens with one attached hydrogen (secondary N) is 2. The highest BCUT2D eigenvalue weighted by Gasteiger charge is 1.90. The summed E-state index contributed by atoms with van der Waals surface area (Å²) >= 11 is 0. The largest absolute Gasteiger partial charge is 0.380 e. The van der Waals surface area contributed by atoms with Crippen LogP contribution in [-0.4, -0.2) is 17.7 Å². The molecule has 0 aromatic rings. The zero-order valence-electron chi connectivity index (χ0n) is 4.77. The molecule has 1 amide bonds. The van der Waals surface area contributed by atoms with Crippen LogP contribution in [0.25, 0.3) is 0 Å². The SMILES string of the molecule is CCC(=O)NNCO. The van der Waals surface area contributed by atoms with Crippen molar-refractivity contribution in [1.29, 1.82) is 0 Å². The van der Waals surface area contributed by atoms with E-state index in [0.29, 0.717) is 6.42 Å². The number of rotatable bonds is 3. The number of hydrazine groups is 1. The monoisotopic (exact) mass is 118 g/mol. The number of aliphatic hydroxyl groups excluding tert-OH is 1. The van der Waals surface area contributed by atoms with Gasteiger partial charge in [-0.1, -0.05) is 6.92 Å².